The smallest absolute Gasteiger partial charge is 0.191 e. The number of nitrogens with zero attached hydrogens (tertiary/aromatic N) is 1. The van der Waals surface area contributed by atoms with Gasteiger partial charge in [-0.1, -0.05) is 12.1 Å². The van der Waals surface area contributed by atoms with Gasteiger partial charge in [0.25, 0.3) is 0 Å². The molecule has 4 nitrogen and oxygen atoms in total. The number of hydrogen-bond donors (Lipinski definition) is 3. The number of aryl methyl sites for hydroxylation is 1. The van der Waals surface area contributed by atoms with Crippen molar-refractivity contribution in [1.82, 2.24) is 10.6 Å². The molecule has 0 aliphatic carbocycles. The summed E-state index contributed by atoms with van der Waals surface area (Å²) in [5.41, 5.74) is 1.24. The number of nitrogens with one attached hydrogen (secondary N) is 2. The zero-order chi connectivity index (χ0) is 15.7. The zero-order valence-corrected chi connectivity index (χ0v) is 14.3. The van der Waals surface area contributed by atoms with Gasteiger partial charge < -0.3 is 15.7 Å². The summed E-state index contributed by atoms with van der Waals surface area (Å²) in [7, 11) is 1.79. The number of phenols is 1. The van der Waals surface area contributed by atoms with Crippen LogP contribution >= 0.6 is 11.8 Å². The van der Waals surface area contributed by atoms with Crippen LogP contribution in [0.3, 0.4) is 0 Å². The number of rotatable bonds is 7. The van der Waals surface area contributed by atoms with E-state index in [1.165, 1.54) is 5.56 Å². The third-order valence-electron chi connectivity index (χ3n) is 3.33. The largest absolute Gasteiger partial charge is 0.508 e. The van der Waals surface area contributed by atoms with Gasteiger partial charge in [-0.15, -0.1) is 0 Å². The van der Waals surface area contributed by atoms with Crippen molar-refractivity contribution in [1.29, 1.82) is 0 Å². The molecule has 0 bridgehead atoms. The SMILES string of the molecule is CN=C(NCCCc1ccc(O)cc1)NCC(C)(C)SC. The predicted molar refractivity (Wildman–Crippen MR) is 93.4 cm³/mol. The highest BCUT2D eigenvalue weighted by molar-refractivity contribution is 7.99. The van der Waals surface area contributed by atoms with Crippen molar-refractivity contribution >= 4 is 17.7 Å². The van der Waals surface area contributed by atoms with Gasteiger partial charge in [-0.25, -0.2) is 0 Å². The first-order valence-electron chi connectivity index (χ1n) is 7.24. The van der Waals surface area contributed by atoms with Gasteiger partial charge in [0.15, 0.2) is 5.96 Å². The van der Waals surface area contributed by atoms with Crippen LogP contribution in [-0.4, -0.2) is 42.2 Å². The monoisotopic (exact) mass is 309 g/mol. The van der Waals surface area contributed by atoms with Crippen LogP contribution in [0.25, 0.3) is 0 Å². The highest BCUT2D eigenvalue weighted by Gasteiger charge is 2.15. The van der Waals surface area contributed by atoms with Crippen LogP contribution in [0.5, 0.6) is 5.75 Å². The van der Waals surface area contributed by atoms with Crippen LogP contribution in [0.15, 0.2) is 29.3 Å². The highest BCUT2D eigenvalue weighted by atomic mass is 32.2. The van der Waals surface area contributed by atoms with Gasteiger partial charge in [-0.2, -0.15) is 11.8 Å². The first-order chi connectivity index (χ1) is 9.96. The minimum Gasteiger partial charge on any atom is -0.508 e. The molecule has 0 atom stereocenters. The maximum atomic E-state index is 9.24. The maximum absolute atomic E-state index is 9.24. The minimum absolute atomic E-state index is 0.198. The van der Waals surface area contributed by atoms with Gasteiger partial charge in [0.05, 0.1) is 0 Å². The molecular weight excluding hydrogens is 282 g/mol. The number of aliphatic imine (C=N–C) groups is 1. The Morgan fingerprint density at radius 2 is 1.90 bits per heavy atom. The van der Waals surface area contributed by atoms with E-state index in [9.17, 15) is 5.11 Å². The van der Waals surface area contributed by atoms with Crippen molar-refractivity contribution in [3.63, 3.8) is 0 Å². The molecule has 5 heteroatoms. The molecule has 21 heavy (non-hydrogen) atoms. The van der Waals surface area contributed by atoms with Crippen LogP contribution < -0.4 is 10.6 Å². The minimum atomic E-state index is 0.198. The van der Waals surface area contributed by atoms with Crippen LogP contribution in [0.4, 0.5) is 0 Å². The number of phenolic OH excluding ortho intramolecular Hbond substituents is 1. The van der Waals surface area contributed by atoms with E-state index in [-0.39, 0.29) is 4.75 Å². The molecular formula is C16H27N3OS. The van der Waals surface area contributed by atoms with Crippen molar-refractivity contribution in [3.05, 3.63) is 29.8 Å². The second-order valence-corrected chi connectivity index (χ2v) is 7.10. The standard InChI is InChI=1S/C16H27N3OS/c1-16(2,21-4)12-19-15(17-3)18-11-5-6-13-7-9-14(20)10-8-13/h7-10,20H,5-6,11-12H2,1-4H3,(H2,17,18,19). The molecule has 0 spiro atoms. The summed E-state index contributed by atoms with van der Waals surface area (Å²) in [4.78, 5) is 4.23. The van der Waals surface area contributed by atoms with E-state index >= 15 is 0 Å². The Hall–Kier alpha value is -1.36. The van der Waals surface area contributed by atoms with E-state index < -0.39 is 0 Å². The van der Waals surface area contributed by atoms with E-state index in [1.54, 1.807) is 19.2 Å². The molecule has 1 aromatic carbocycles. The summed E-state index contributed by atoms with van der Waals surface area (Å²) < 4.78 is 0.198. The van der Waals surface area contributed by atoms with Crippen LogP contribution in [-0.2, 0) is 6.42 Å². The number of hydrogen-bond acceptors (Lipinski definition) is 3. The lowest BCUT2D eigenvalue weighted by molar-refractivity contribution is 0.475. The molecule has 0 heterocycles. The lowest BCUT2D eigenvalue weighted by atomic mass is 10.1. The van der Waals surface area contributed by atoms with Crippen LogP contribution in [0.2, 0.25) is 0 Å². The Morgan fingerprint density at radius 3 is 2.48 bits per heavy atom. The summed E-state index contributed by atoms with van der Waals surface area (Å²) >= 11 is 1.84. The van der Waals surface area contributed by atoms with Crippen LogP contribution in [0.1, 0.15) is 25.8 Å². The first kappa shape index (κ1) is 17.7. The number of thioether (sulfide) groups is 1. The van der Waals surface area contributed by atoms with Crippen molar-refractivity contribution in [2.75, 3.05) is 26.4 Å². The quantitative estimate of drug-likeness (QED) is 0.412. The fourth-order valence-electron chi connectivity index (χ4n) is 1.75. The summed E-state index contributed by atoms with van der Waals surface area (Å²) in [5.74, 6) is 1.17. The average Bonchev–Trinajstić information content (AvgIpc) is 2.48. The fraction of sp³-hybridized carbons (Fsp3) is 0.562. The lowest BCUT2D eigenvalue weighted by Crippen LogP contribution is -2.43. The lowest BCUT2D eigenvalue weighted by Gasteiger charge is -2.23. The molecule has 0 saturated carbocycles. The molecule has 1 aromatic rings. The van der Waals surface area contributed by atoms with E-state index in [1.807, 2.05) is 23.9 Å². The Labute approximate surface area is 132 Å². The third-order valence-corrected chi connectivity index (χ3v) is 4.58. The molecule has 0 unspecified atom stereocenters. The zero-order valence-electron chi connectivity index (χ0n) is 13.4. The first-order valence-corrected chi connectivity index (χ1v) is 8.47. The third kappa shape index (κ3) is 7.27. The summed E-state index contributed by atoms with van der Waals surface area (Å²) in [5, 5.41) is 15.9. The molecule has 1 rings (SSSR count). The Bertz CT molecular complexity index is 443. The van der Waals surface area contributed by atoms with Crippen molar-refractivity contribution in [3.8, 4) is 5.75 Å². The summed E-state index contributed by atoms with van der Waals surface area (Å²) in [6, 6.07) is 7.38. The molecule has 3 N–H and O–H groups in total. The van der Waals surface area contributed by atoms with Crippen LogP contribution in [0, 0.1) is 0 Å². The molecule has 0 saturated heterocycles. The van der Waals surface area contributed by atoms with Crippen molar-refractivity contribution in [2.24, 2.45) is 4.99 Å². The molecule has 0 aromatic heterocycles. The van der Waals surface area contributed by atoms with Gasteiger partial charge in [-0.3, -0.25) is 4.99 Å². The van der Waals surface area contributed by atoms with Gasteiger partial charge in [0.2, 0.25) is 0 Å². The molecule has 0 amide bonds. The summed E-state index contributed by atoms with van der Waals surface area (Å²) in [6.45, 7) is 6.18. The van der Waals surface area contributed by atoms with E-state index in [2.05, 4.69) is 35.7 Å². The molecule has 0 aliphatic heterocycles. The Morgan fingerprint density at radius 1 is 1.24 bits per heavy atom. The van der Waals surface area contributed by atoms with Crippen molar-refractivity contribution in [2.45, 2.75) is 31.4 Å². The van der Waals surface area contributed by atoms with Gasteiger partial charge in [0, 0.05) is 24.9 Å². The van der Waals surface area contributed by atoms with E-state index in [4.69, 9.17) is 0 Å². The van der Waals surface area contributed by atoms with Gasteiger partial charge in [-0.05, 0) is 50.6 Å². The van der Waals surface area contributed by atoms with Gasteiger partial charge >= 0.3 is 0 Å². The predicted octanol–water partition coefficient (Wildman–Crippen LogP) is 2.63. The number of benzene rings is 1. The second kappa shape index (κ2) is 8.82. The summed E-state index contributed by atoms with van der Waals surface area (Å²) in [6.07, 6.45) is 4.13. The van der Waals surface area contributed by atoms with E-state index in [0.717, 1.165) is 31.9 Å². The normalized spacial score (nSPS) is 12.3. The molecule has 118 valence electrons. The maximum Gasteiger partial charge on any atom is 0.191 e. The molecule has 0 aliphatic rings. The molecule has 0 radical (unpaired) electrons. The van der Waals surface area contributed by atoms with E-state index in [0.29, 0.717) is 5.75 Å². The number of guanidine groups is 1. The Kier molecular flexibility index (Phi) is 7.43. The topological polar surface area (TPSA) is 56.7 Å². The van der Waals surface area contributed by atoms with Crippen molar-refractivity contribution < 1.29 is 5.11 Å². The average molecular weight is 309 g/mol. The fourth-order valence-corrected chi connectivity index (χ4v) is 1.97. The number of aromatic hydroxyl groups is 1. The second-order valence-electron chi connectivity index (χ2n) is 5.59. The Balaban J connectivity index is 2.25. The van der Waals surface area contributed by atoms with Gasteiger partial charge in [0.1, 0.15) is 5.75 Å². The highest BCUT2D eigenvalue weighted by Crippen LogP contribution is 2.19. The molecule has 0 fully saturated rings.